The monoisotopic (exact) mass is 335 g/mol. The second kappa shape index (κ2) is 7.45. The van der Waals surface area contributed by atoms with E-state index in [4.69, 9.17) is 4.74 Å². The molecule has 0 aliphatic carbocycles. The zero-order valence-electron chi connectivity index (χ0n) is 12.0. The number of rotatable bonds is 6. The number of aliphatic hydroxyl groups is 1. The Morgan fingerprint density at radius 3 is 2.45 bits per heavy atom. The van der Waals surface area contributed by atoms with Crippen molar-refractivity contribution in [3.8, 4) is 0 Å². The zero-order valence-corrected chi connectivity index (χ0v) is 12.8. The van der Waals surface area contributed by atoms with E-state index in [-0.39, 0.29) is 18.9 Å². The average Bonchev–Trinajstić information content (AvgIpc) is 2.47. The van der Waals surface area contributed by atoms with Gasteiger partial charge in [-0.3, -0.25) is 0 Å². The van der Waals surface area contributed by atoms with Gasteiger partial charge in [-0.25, -0.2) is 21.9 Å². The molecule has 1 aliphatic heterocycles. The molecule has 8 heteroatoms. The third kappa shape index (κ3) is 4.22. The number of halogens is 2. The van der Waals surface area contributed by atoms with Crippen molar-refractivity contribution < 1.29 is 27.0 Å². The third-order valence-electron chi connectivity index (χ3n) is 3.73. The first-order chi connectivity index (χ1) is 10.4. The van der Waals surface area contributed by atoms with Crippen molar-refractivity contribution in [2.24, 2.45) is 5.92 Å². The molecule has 0 saturated carbocycles. The normalized spacial score (nSPS) is 18.3. The van der Waals surface area contributed by atoms with Crippen molar-refractivity contribution in [2.75, 3.05) is 19.8 Å². The summed E-state index contributed by atoms with van der Waals surface area (Å²) in [7, 11) is -4.28. The molecule has 1 unspecified atom stereocenters. The standard InChI is InChI=1S/C14H19F2NO4S/c15-11-2-1-3-12(16)14(11)22(19,20)17-7-4-13(18)10-5-8-21-9-6-10/h1-3,10,13,17-18H,4-9H2. The highest BCUT2D eigenvalue weighted by Gasteiger charge is 2.25. The van der Waals surface area contributed by atoms with E-state index in [2.05, 4.69) is 4.72 Å². The van der Waals surface area contributed by atoms with Crippen LogP contribution in [-0.2, 0) is 14.8 Å². The van der Waals surface area contributed by atoms with Gasteiger partial charge in [0.05, 0.1) is 6.10 Å². The van der Waals surface area contributed by atoms with Crippen molar-refractivity contribution in [2.45, 2.75) is 30.3 Å². The Morgan fingerprint density at radius 1 is 1.27 bits per heavy atom. The van der Waals surface area contributed by atoms with E-state index in [9.17, 15) is 22.3 Å². The maximum absolute atomic E-state index is 13.5. The first kappa shape index (κ1) is 17.3. The fourth-order valence-corrected chi connectivity index (χ4v) is 3.67. The van der Waals surface area contributed by atoms with Crippen LogP contribution in [0.3, 0.4) is 0 Å². The number of sulfonamides is 1. The van der Waals surface area contributed by atoms with Crippen LogP contribution in [0.15, 0.2) is 23.1 Å². The second-order valence-corrected chi connectivity index (χ2v) is 6.96. The molecule has 0 spiro atoms. The highest BCUT2D eigenvalue weighted by Crippen LogP contribution is 2.21. The molecule has 0 amide bonds. The van der Waals surface area contributed by atoms with E-state index in [1.807, 2.05) is 0 Å². The molecule has 1 aliphatic rings. The molecule has 2 rings (SSSR count). The predicted octanol–water partition coefficient (Wildman–Crippen LogP) is 1.42. The Morgan fingerprint density at radius 2 is 1.86 bits per heavy atom. The quantitative estimate of drug-likeness (QED) is 0.824. The molecule has 1 atom stereocenters. The third-order valence-corrected chi connectivity index (χ3v) is 5.24. The summed E-state index contributed by atoms with van der Waals surface area (Å²) in [5.74, 6) is -2.22. The summed E-state index contributed by atoms with van der Waals surface area (Å²) in [6.07, 6.45) is 0.947. The van der Waals surface area contributed by atoms with Crippen molar-refractivity contribution in [1.29, 1.82) is 0 Å². The molecule has 1 fully saturated rings. The molecule has 124 valence electrons. The van der Waals surface area contributed by atoms with Crippen molar-refractivity contribution in [3.05, 3.63) is 29.8 Å². The summed E-state index contributed by atoms with van der Waals surface area (Å²) in [6.45, 7) is 1.07. The Balaban J connectivity index is 1.93. The highest BCUT2D eigenvalue weighted by atomic mass is 32.2. The van der Waals surface area contributed by atoms with E-state index in [1.54, 1.807) is 0 Å². The summed E-state index contributed by atoms with van der Waals surface area (Å²) in [5, 5.41) is 10.0. The molecular weight excluding hydrogens is 316 g/mol. The molecule has 1 aromatic rings. The molecule has 1 heterocycles. The summed E-state index contributed by atoms with van der Waals surface area (Å²) in [4.78, 5) is -0.990. The van der Waals surface area contributed by atoms with Crippen LogP contribution in [0.2, 0.25) is 0 Å². The van der Waals surface area contributed by atoms with Gasteiger partial charge in [-0.2, -0.15) is 0 Å². The molecule has 1 saturated heterocycles. The number of benzene rings is 1. The Hall–Kier alpha value is -1.09. The fraction of sp³-hybridized carbons (Fsp3) is 0.571. The van der Waals surface area contributed by atoms with Gasteiger partial charge in [0, 0.05) is 19.8 Å². The predicted molar refractivity (Wildman–Crippen MR) is 75.7 cm³/mol. The topological polar surface area (TPSA) is 75.6 Å². The van der Waals surface area contributed by atoms with E-state index < -0.39 is 32.7 Å². The highest BCUT2D eigenvalue weighted by molar-refractivity contribution is 7.89. The number of nitrogens with one attached hydrogen (secondary N) is 1. The van der Waals surface area contributed by atoms with Gasteiger partial charge in [0.15, 0.2) is 4.90 Å². The Kier molecular flexibility index (Phi) is 5.85. The lowest BCUT2D eigenvalue weighted by Gasteiger charge is -2.26. The molecular formula is C14H19F2NO4S. The Labute approximate surface area is 128 Å². The van der Waals surface area contributed by atoms with Crippen LogP contribution in [0, 0.1) is 17.6 Å². The van der Waals surface area contributed by atoms with Crippen molar-refractivity contribution in [1.82, 2.24) is 4.72 Å². The molecule has 0 radical (unpaired) electrons. The summed E-state index contributed by atoms with van der Waals surface area (Å²) in [5.41, 5.74) is 0. The molecule has 0 aromatic heterocycles. The van der Waals surface area contributed by atoms with Crippen LogP contribution in [-0.4, -0.2) is 39.4 Å². The largest absolute Gasteiger partial charge is 0.393 e. The minimum absolute atomic E-state index is 0.0588. The van der Waals surface area contributed by atoms with Gasteiger partial charge in [-0.05, 0) is 37.3 Å². The summed E-state index contributed by atoms with van der Waals surface area (Å²) in [6, 6.07) is 2.86. The van der Waals surface area contributed by atoms with Crippen molar-refractivity contribution in [3.63, 3.8) is 0 Å². The Bertz CT molecular complexity index is 583. The van der Waals surface area contributed by atoms with Crippen LogP contribution in [0.4, 0.5) is 8.78 Å². The zero-order chi connectivity index (χ0) is 16.2. The van der Waals surface area contributed by atoms with Gasteiger partial charge < -0.3 is 9.84 Å². The van der Waals surface area contributed by atoms with Gasteiger partial charge in [0.25, 0.3) is 0 Å². The van der Waals surface area contributed by atoms with E-state index >= 15 is 0 Å². The SMILES string of the molecule is O=S(=O)(NCCC(O)C1CCOCC1)c1c(F)cccc1F. The fourth-order valence-electron chi connectivity index (χ4n) is 2.49. The van der Waals surface area contributed by atoms with Gasteiger partial charge in [-0.1, -0.05) is 6.07 Å². The van der Waals surface area contributed by atoms with Crippen molar-refractivity contribution >= 4 is 10.0 Å². The first-order valence-electron chi connectivity index (χ1n) is 7.11. The lowest BCUT2D eigenvalue weighted by molar-refractivity contribution is 0.00567. The van der Waals surface area contributed by atoms with Gasteiger partial charge in [-0.15, -0.1) is 0 Å². The molecule has 0 bridgehead atoms. The summed E-state index contributed by atoms with van der Waals surface area (Å²) >= 11 is 0. The molecule has 5 nitrogen and oxygen atoms in total. The smallest absolute Gasteiger partial charge is 0.246 e. The maximum Gasteiger partial charge on any atom is 0.246 e. The van der Waals surface area contributed by atoms with E-state index in [0.29, 0.717) is 13.2 Å². The van der Waals surface area contributed by atoms with Gasteiger partial charge in [0.1, 0.15) is 11.6 Å². The number of ether oxygens (including phenoxy) is 1. The molecule has 2 N–H and O–H groups in total. The van der Waals surface area contributed by atoms with E-state index in [0.717, 1.165) is 31.0 Å². The second-order valence-electron chi connectivity index (χ2n) is 5.25. The maximum atomic E-state index is 13.5. The minimum Gasteiger partial charge on any atom is -0.393 e. The molecule has 1 aromatic carbocycles. The first-order valence-corrected chi connectivity index (χ1v) is 8.59. The number of hydrogen-bond acceptors (Lipinski definition) is 4. The minimum atomic E-state index is -4.28. The lowest BCUT2D eigenvalue weighted by atomic mass is 9.92. The number of aliphatic hydroxyl groups excluding tert-OH is 1. The van der Waals surface area contributed by atoms with Crippen LogP contribution in [0.1, 0.15) is 19.3 Å². The van der Waals surface area contributed by atoms with E-state index in [1.165, 1.54) is 0 Å². The van der Waals surface area contributed by atoms with Crippen LogP contribution >= 0.6 is 0 Å². The van der Waals surface area contributed by atoms with Crippen LogP contribution in [0.5, 0.6) is 0 Å². The number of hydrogen-bond donors (Lipinski definition) is 2. The molecule has 22 heavy (non-hydrogen) atoms. The van der Waals surface area contributed by atoms with Gasteiger partial charge in [0.2, 0.25) is 10.0 Å². The van der Waals surface area contributed by atoms with Gasteiger partial charge >= 0.3 is 0 Å². The lowest BCUT2D eigenvalue weighted by Crippen LogP contribution is -2.33. The van der Waals surface area contributed by atoms with Crippen LogP contribution in [0.25, 0.3) is 0 Å². The van der Waals surface area contributed by atoms with Crippen LogP contribution < -0.4 is 4.72 Å². The average molecular weight is 335 g/mol. The summed E-state index contributed by atoms with van der Waals surface area (Å²) < 4.78 is 58.2.